The van der Waals surface area contributed by atoms with E-state index in [1.165, 1.54) is 36.3 Å². The van der Waals surface area contributed by atoms with Crippen LogP contribution in [0.4, 0.5) is 5.13 Å². The molecule has 0 saturated carbocycles. The fourth-order valence-electron chi connectivity index (χ4n) is 2.99. The van der Waals surface area contributed by atoms with Crippen LogP contribution in [0.1, 0.15) is 33.9 Å². The van der Waals surface area contributed by atoms with E-state index in [1.807, 2.05) is 0 Å². The number of thiazole rings is 1. The van der Waals surface area contributed by atoms with Gasteiger partial charge in [-0.1, -0.05) is 0 Å². The van der Waals surface area contributed by atoms with Gasteiger partial charge in [-0.2, -0.15) is 0 Å². The van der Waals surface area contributed by atoms with Crippen molar-refractivity contribution >= 4 is 28.3 Å². The van der Waals surface area contributed by atoms with Gasteiger partial charge in [0.05, 0.1) is 17.8 Å². The molecule has 0 aromatic carbocycles. The zero-order valence-corrected chi connectivity index (χ0v) is 13.9. The van der Waals surface area contributed by atoms with Crippen LogP contribution < -0.4 is 5.32 Å². The van der Waals surface area contributed by atoms with Crippen LogP contribution in [0.5, 0.6) is 0 Å². The van der Waals surface area contributed by atoms with Crippen LogP contribution in [-0.4, -0.2) is 44.8 Å². The second kappa shape index (κ2) is 6.27. The van der Waals surface area contributed by atoms with Gasteiger partial charge >= 0.3 is 0 Å². The van der Waals surface area contributed by atoms with Crippen molar-refractivity contribution in [2.24, 2.45) is 5.92 Å². The highest BCUT2D eigenvalue weighted by Gasteiger charge is 2.37. The molecule has 1 fully saturated rings. The predicted molar refractivity (Wildman–Crippen MR) is 88.8 cm³/mol. The Hall–Kier alpha value is -2.35. The number of carbonyl (C=O) groups excluding carboxylic acids is 2. The van der Waals surface area contributed by atoms with Gasteiger partial charge in [0, 0.05) is 30.4 Å². The van der Waals surface area contributed by atoms with Crippen LogP contribution in [0, 0.1) is 5.92 Å². The van der Waals surface area contributed by atoms with Crippen molar-refractivity contribution in [1.82, 2.24) is 19.9 Å². The average molecular weight is 343 g/mol. The SMILES string of the molecule is O=C(Nc1nc2c(s1)CCCC2)C1CN(C(=O)c2cnccn2)C1. The Kier molecular flexibility index (Phi) is 3.97. The van der Waals surface area contributed by atoms with Crippen LogP contribution in [-0.2, 0) is 17.6 Å². The van der Waals surface area contributed by atoms with Gasteiger partial charge in [0.15, 0.2) is 5.13 Å². The maximum absolute atomic E-state index is 12.3. The zero-order chi connectivity index (χ0) is 16.5. The van der Waals surface area contributed by atoms with Gasteiger partial charge in [0.2, 0.25) is 5.91 Å². The first-order valence-corrected chi connectivity index (χ1v) is 8.87. The minimum atomic E-state index is -0.188. The molecule has 1 aliphatic heterocycles. The molecule has 0 spiro atoms. The Labute approximate surface area is 143 Å². The Bertz CT molecular complexity index is 747. The lowest BCUT2D eigenvalue weighted by atomic mass is 9.99. The van der Waals surface area contributed by atoms with E-state index in [9.17, 15) is 9.59 Å². The van der Waals surface area contributed by atoms with E-state index in [0.29, 0.717) is 23.9 Å². The van der Waals surface area contributed by atoms with Gasteiger partial charge in [-0.15, -0.1) is 11.3 Å². The summed E-state index contributed by atoms with van der Waals surface area (Å²) >= 11 is 1.58. The first-order valence-electron chi connectivity index (χ1n) is 8.05. The number of nitrogens with zero attached hydrogens (tertiary/aromatic N) is 4. The van der Waals surface area contributed by atoms with E-state index < -0.39 is 0 Å². The molecule has 1 aliphatic carbocycles. The van der Waals surface area contributed by atoms with Gasteiger partial charge in [-0.05, 0) is 25.7 Å². The average Bonchev–Trinajstić information content (AvgIpc) is 2.96. The summed E-state index contributed by atoms with van der Waals surface area (Å²) in [6, 6.07) is 0. The first kappa shape index (κ1) is 15.2. The van der Waals surface area contributed by atoms with Crippen LogP contribution in [0.3, 0.4) is 0 Å². The van der Waals surface area contributed by atoms with Crippen molar-refractivity contribution in [3.63, 3.8) is 0 Å². The molecule has 2 aromatic heterocycles. The third kappa shape index (κ3) is 2.89. The van der Waals surface area contributed by atoms with Crippen molar-refractivity contribution in [2.45, 2.75) is 25.7 Å². The Morgan fingerprint density at radius 3 is 2.79 bits per heavy atom. The van der Waals surface area contributed by atoms with Crippen molar-refractivity contribution in [1.29, 1.82) is 0 Å². The maximum Gasteiger partial charge on any atom is 0.274 e. The van der Waals surface area contributed by atoms with Gasteiger partial charge in [-0.3, -0.25) is 14.6 Å². The molecule has 124 valence electrons. The second-order valence-electron chi connectivity index (χ2n) is 6.08. The maximum atomic E-state index is 12.3. The monoisotopic (exact) mass is 343 g/mol. The van der Waals surface area contributed by atoms with Crippen molar-refractivity contribution < 1.29 is 9.59 Å². The standard InChI is InChI=1S/C16H17N5O2S/c22-14(20-16-19-11-3-1-2-4-13(11)24-16)10-8-21(9-10)15(23)12-7-17-5-6-18-12/h5-7,10H,1-4,8-9H2,(H,19,20,22). The summed E-state index contributed by atoms with van der Waals surface area (Å²) in [6.45, 7) is 0.818. The molecule has 8 heteroatoms. The number of aryl methyl sites for hydroxylation is 2. The minimum Gasteiger partial charge on any atom is -0.336 e. The summed E-state index contributed by atoms with van der Waals surface area (Å²) in [5.41, 5.74) is 1.44. The van der Waals surface area contributed by atoms with Gasteiger partial charge < -0.3 is 10.2 Å². The molecule has 2 amide bonds. The lowest BCUT2D eigenvalue weighted by Crippen LogP contribution is -2.54. The highest BCUT2D eigenvalue weighted by atomic mass is 32.1. The van der Waals surface area contributed by atoms with Crippen LogP contribution in [0.25, 0.3) is 0 Å². The quantitative estimate of drug-likeness (QED) is 0.913. The fourth-order valence-corrected chi connectivity index (χ4v) is 4.05. The number of hydrogen-bond donors (Lipinski definition) is 1. The Morgan fingerprint density at radius 2 is 2.04 bits per heavy atom. The molecule has 24 heavy (non-hydrogen) atoms. The van der Waals surface area contributed by atoms with E-state index in [-0.39, 0.29) is 17.7 Å². The summed E-state index contributed by atoms with van der Waals surface area (Å²) in [5, 5.41) is 3.59. The largest absolute Gasteiger partial charge is 0.336 e. The normalized spacial score (nSPS) is 17.1. The van der Waals surface area contributed by atoms with E-state index in [4.69, 9.17) is 0 Å². The molecular weight excluding hydrogens is 326 g/mol. The molecule has 0 atom stereocenters. The Balaban J connectivity index is 1.33. The number of amides is 2. The van der Waals surface area contributed by atoms with Crippen molar-refractivity contribution in [2.75, 3.05) is 18.4 Å². The summed E-state index contributed by atoms with van der Waals surface area (Å²) in [5.74, 6) is -0.437. The van der Waals surface area contributed by atoms with Gasteiger partial charge in [0.1, 0.15) is 5.69 Å². The molecule has 7 nitrogen and oxygen atoms in total. The smallest absolute Gasteiger partial charge is 0.274 e. The summed E-state index contributed by atoms with van der Waals surface area (Å²) < 4.78 is 0. The molecular formula is C16H17N5O2S. The van der Waals surface area contributed by atoms with Crippen molar-refractivity contribution in [3.05, 3.63) is 34.9 Å². The lowest BCUT2D eigenvalue weighted by molar-refractivity contribution is -0.123. The Morgan fingerprint density at radius 1 is 1.21 bits per heavy atom. The number of hydrogen-bond acceptors (Lipinski definition) is 6. The first-order chi connectivity index (χ1) is 11.7. The summed E-state index contributed by atoms with van der Waals surface area (Å²) in [6.07, 6.45) is 8.89. The molecule has 2 aliphatic rings. The second-order valence-corrected chi connectivity index (χ2v) is 7.17. The number of likely N-dealkylation sites (tertiary alicyclic amines) is 1. The lowest BCUT2D eigenvalue weighted by Gasteiger charge is -2.37. The minimum absolute atomic E-state index is 0.0655. The molecule has 2 aromatic rings. The van der Waals surface area contributed by atoms with E-state index in [0.717, 1.165) is 18.5 Å². The number of aromatic nitrogens is 3. The highest BCUT2D eigenvalue weighted by molar-refractivity contribution is 7.15. The van der Waals surface area contributed by atoms with Crippen LogP contribution in [0.2, 0.25) is 0 Å². The van der Waals surface area contributed by atoms with Gasteiger partial charge in [0.25, 0.3) is 5.91 Å². The fraction of sp³-hybridized carbons (Fsp3) is 0.438. The summed E-state index contributed by atoms with van der Waals surface area (Å²) in [7, 11) is 0. The topological polar surface area (TPSA) is 88.1 Å². The van der Waals surface area contributed by atoms with Crippen LogP contribution >= 0.6 is 11.3 Å². The number of anilines is 1. The molecule has 3 heterocycles. The number of carbonyl (C=O) groups is 2. The molecule has 4 rings (SSSR count). The number of rotatable bonds is 3. The van der Waals surface area contributed by atoms with Gasteiger partial charge in [-0.25, -0.2) is 9.97 Å². The zero-order valence-electron chi connectivity index (χ0n) is 13.1. The molecule has 0 bridgehead atoms. The molecule has 0 unspecified atom stereocenters. The highest BCUT2D eigenvalue weighted by Crippen LogP contribution is 2.30. The molecule has 1 saturated heterocycles. The van der Waals surface area contributed by atoms with Crippen LogP contribution in [0.15, 0.2) is 18.6 Å². The molecule has 1 N–H and O–H groups in total. The molecule has 0 radical (unpaired) electrons. The number of nitrogens with one attached hydrogen (secondary N) is 1. The van der Waals surface area contributed by atoms with E-state index in [1.54, 1.807) is 16.2 Å². The van der Waals surface area contributed by atoms with E-state index >= 15 is 0 Å². The van der Waals surface area contributed by atoms with Crippen molar-refractivity contribution in [3.8, 4) is 0 Å². The third-order valence-corrected chi connectivity index (χ3v) is 5.47. The van der Waals surface area contributed by atoms with E-state index in [2.05, 4.69) is 20.3 Å². The third-order valence-electron chi connectivity index (χ3n) is 4.40. The predicted octanol–water partition coefficient (Wildman–Crippen LogP) is 1.52. The summed E-state index contributed by atoms with van der Waals surface area (Å²) in [4.78, 5) is 39.8. The number of fused-ring (bicyclic) bond motifs is 1.